The van der Waals surface area contributed by atoms with Crippen molar-refractivity contribution in [1.82, 2.24) is 9.38 Å². The molecule has 0 saturated carbocycles. The number of rotatable bonds is 2. The van der Waals surface area contributed by atoms with Crippen LogP contribution in [0.4, 0.5) is 0 Å². The second-order valence-electron chi connectivity index (χ2n) is 3.32. The molecule has 0 aliphatic carbocycles. The lowest BCUT2D eigenvalue weighted by Gasteiger charge is -2.03. The molecule has 0 fully saturated rings. The molecule has 6 heteroatoms. The smallest absolute Gasteiger partial charge is 0.226 e. The van der Waals surface area contributed by atoms with Crippen LogP contribution in [0.25, 0.3) is 5.65 Å². The summed E-state index contributed by atoms with van der Waals surface area (Å²) >= 11 is 3.29. The number of carbonyl (C=O) groups excluding carboxylic acids is 2. The first-order chi connectivity index (χ1) is 7.50. The number of halogens is 1. The van der Waals surface area contributed by atoms with Crippen LogP contribution >= 0.6 is 15.9 Å². The minimum Gasteiger partial charge on any atom is -0.541 e. The van der Waals surface area contributed by atoms with E-state index in [0.717, 1.165) is 5.56 Å². The van der Waals surface area contributed by atoms with E-state index in [4.69, 9.17) is 0 Å². The Hall–Kier alpha value is -1.69. The highest BCUT2D eigenvalue weighted by Gasteiger charge is 2.14. The Kier molecular flexibility index (Phi) is 2.51. The van der Waals surface area contributed by atoms with E-state index >= 15 is 0 Å². The van der Waals surface area contributed by atoms with Crippen molar-refractivity contribution in [1.29, 1.82) is 0 Å². The molecular formula is C10H6BrN2O3-. The van der Waals surface area contributed by atoms with Crippen LogP contribution in [0.15, 0.2) is 22.9 Å². The Morgan fingerprint density at radius 1 is 1.50 bits per heavy atom. The highest BCUT2D eigenvalue weighted by Crippen LogP contribution is 2.20. The predicted octanol–water partition coefficient (Wildman–Crippen LogP) is 0.338. The Labute approximate surface area is 98.8 Å². The Bertz CT molecular complexity index is 603. The Balaban J connectivity index is 2.74. The van der Waals surface area contributed by atoms with E-state index in [1.165, 1.54) is 10.6 Å². The molecule has 82 valence electrons. The molecule has 2 rings (SSSR count). The molecule has 0 spiro atoms. The average Bonchev–Trinajstić information content (AvgIpc) is 2.60. The molecule has 2 heterocycles. The number of carboxylic acid groups (broad SMARTS) is 1. The molecular weight excluding hydrogens is 276 g/mol. The van der Waals surface area contributed by atoms with E-state index < -0.39 is 11.8 Å². The zero-order chi connectivity index (χ0) is 11.9. The van der Waals surface area contributed by atoms with Crippen molar-refractivity contribution < 1.29 is 14.7 Å². The van der Waals surface area contributed by atoms with Gasteiger partial charge in [0.1, 0.15) is 11.7 Å². The van der Waals surface area contributed by atoms with Crippen LogP contribution in [0.5, 0.6) is 0 Å². The molecule has 0 atom stereocenters. The van der Waals surface area contributed by atoms with Gasteiger partial charge in [0, 0.05) is 6.20 Å². The highest BCUT2D eigenvalue weighted by atomic mass is 79.9. The summed E-state index contributed by atoms with van der Waals surface area (Å²) in [7, 11) is 0. The molecule has 2 aromatic heterocycles. The molecule has 0 N–H and O–H groups in total. The lowest BCUT2D eigenvalue weighted by atomic mass is 10.3. The number of hydrogen-bond donors (Lipinski definition) is 0. The van der Waals surface area contributed by atoms with Crippen LogP contribution in [0, 0.1) is 6.92 Å². The maximum Gasteiger partial charge on any atom is 0.226 e. The van der Waals surface area contributed by atoms with Gasteiger partial charge in [0.15, 0.2) is 5.65 Å². The molecule has 5 nitrogen and oxygen atoms in total. The molecule has 16 heavy (non-hydrogen) atoms. The lowest BCUT2D eigenvalue weighted by molar-refractivity contribution is -0.296. The van der Waals surface area contributed by atoms with E-state index in [0.29, 0.717) is 10.1 Å². The van der Waals surface area contributed by atoms with Crippen molar-refractivity contribution in [2.75, 3.05) is 0 Å². The van der Waals surface area contributed by atoms with Crippen LogP contribution in [-0.4, -0.2) is 21.1 Å². The number of aromatic nitrogens is 2. The normalized spacial score (nSPS) is 10.6. The van der Waals surface area contributed by atoms with Crippen molar-refractivity contribution in [3.8, 4) is 0 Å². The third-order valence-electron chi connectivity index (χ3n) is 2.12. The van der Waals surface area contributed by atoms with Crippen molar-refractivity contribution in [2.24, 2.45) is 0 Å². The summed E-state index contributed by atoms with van der Waals surface area (Å²) in [4.78, 5) is 25.8. The number of imidazole rings is 1. The van der Waals surface area contributed by atoms with Gasteiger partial charge in [-0.2, -0.15) is 0 Å². The second kappa shape index (κ2) is 3.71. The Morgan fingerprint density at radius 3 is 2.81 bits per heavy atom. The number of fused-ring (bicyclic) bond motifs is 1. The summed E-state index contributed by atoms with van der Waals surface area (Å²) in [6, 6.07) is 1.83. The standard InChI is InChI=1S/C10H7BrN2O3/c1-5-2-6(11)9-12-3-7(13(9)4-5)8(14)10(15)16/h2-4H,1H3,(H,15,16)/p-1. The number of aryl methyl sites for hydroxylation is 1. The third kappa shape index (κ3) is 1.61. The minimum absolute atomic E-state index is 0.0144. The number of carboxylic acids is 1. The summed E-state index contributed by atoms with van der Waals surface area (Å²) < 4.78 is 2.13. The first-order valence-electron chi connectivity index (χ1n) is 4.39. The summed E-state index contributed by atoms with van der Waals surface area (Å²) in [6.07, 6.45) is 2.86. The summed E-state index contributed by atoms with van der Waals surface area (Å²) in [6.45, 7) is 1.83. The van der Waals surface area contributed by atoms with Gasteiger partial charge in [-0.3, -0.25) is 9.20 Å². The third-order valence-corrected chi connectivity index (χ3v) is 2.70. The van der Waals surface area contributed by atoms with Gasteiger partial charge in [-0.05, 0) is 34.5 Å². The van der Waals surface area contributed by atoms with Crippen molar-refractivity contribution in [3.05, 3.63) is 34.2 Å². The molecule has 0 saturated heterocycles. The van der Waals surface area contributed by atoms with Crippen molar-refractivity contribution >= 4 is 33.3 Å². The van der Waals surface area contributed by atoms with E-state index in [2.05, 4.69) is 20.9 Å². The summed E-state index contributed by atoms with van der Waals surface area (Å²) in [5, 5.41) is 10.5. The van der Waals surface area contributed by atoms with Gasteiger partial charge in [0.25, 0.3) is 0 Å². The van der Waals surface area contributed by atoms with Crippen LogP contribution in [-0.2, 0) is 4.79 Å². The van der Waals surface area contributed by atoms with Gasteiger partial charge in [0.2, 0.25) is 5.78 Å². The van der Waals surface area contributed by atoms with Gasteiger partial charge in [0.05, 0.1) is 10.7 Å². The van der Waals surface area contributed by atoms with Crippen molar-refractivity contribution in [2.45, 2.75) is 6.92 Å². The monoisotopic (exact) mass is 281 g/mol. The fraction of sp³-hybridized carbons (Fsp3) is 0.100. The SMILES string of the molecule is Cc1cc(Br)c2ncc(C(=O)C(=O)[O-])n2c1. The number of aliphatic carboxylic acids is 1. The van der Waals surface area contributed by atoms with E-state index in [1.807, 2.05) is 13.0 Å². The number of carbonyl (C=O) groups is 2. The van der Waals surface area contributed by atoms with Crippen LogP contribution in [0.2, 0.25) is 0 Å². The second-order valence-corrected chi connectivity index (χ2v) is 4.17. The first-order valence-corrected chi connectivity index (χ1v) is 5.19. The molecule has 0 bridgehead atoms. The van der Waals surface area contributed by atoms with E-state index in [1.54, 1.807) is 6.20 Å². The van der Waals surface area contributed by atoms with Gasteiger partial charge >= 0.3 is 0 Å². The molecule has 0 aliphatic rings. The van der Waals surface area contributed by atoms with Gasteiger partial charge in [-0.25, -0.2) is 4.98 Å². The molecule has 0 aliphatic heterocycles. The molecule has 0 aromatic carbocycles. The molecule has 2 aromatic rings. The zero-order valence-corrected chi connectivity index (χ0v) is 9.82. The zero-order valence-electron chi connectivity index (χ0n) is 8.23. The topological polar surface area (TPSA) is 74.5 Å². The maximum absolute atomic E-state index is 11.3. The maximum atomic E-state index is 11.3. The van der Waals surface area contributed by atoms with E-state index in [-0.39, 0.29) is 5.69 Å². The lowest BCUT2D eigenvalue weighted by Crippen LogP contribution is -2.32. The number of ketones is 1. The highest BCUT2D eigenvalue weighted by molar-refractivity contribution is 9.10. The Morgan fingerprint density at radius 2 is 2.19 bits per heavy atom. The minimum atomic E-state index is -1.74. The largest absolute Gasteiger partial charge is 0.541 e. The first kappa shape index (κ1) is 10.8. The quantitative estimate of drug-likeness (QED) is 0.588. The van der Waals surface area contributed by atoms with Gasteiger partial charge < -0.3 is 9.90 Å². The van der Waals surface area contributed by atoms with Crippen LogP contribution in [0.3, 0.4) is 0 Å². The average molecular weight is 282 g/mol. The fourth-order valence-corrected chi connectivity index (χ4v) is 2.10. The van der Waals surface area contributed by atoms with Gasteiger partial charge in [-0.15, -0.1) is 0 Å². The number of pyridine rings is 1. The van der Waals surface area contributed by atoms with Crippen LogP contribution < -0.4 is 5.11 Å². The molecule has 0 unspecified atom stereocenters. The molecule has 0 radical (unpaired) electrons. The number of nitrogens with zero attached hydrogens (tertiary/aromatic N) is 2. The van der Waals surface area contributed by atoms with E-state index in [9.17, 15) is 14.7 Å². The van der Waals surface area contributed by atoms with Crippen LogP contribution in [0.1, 0.15) is 16.1 Å². The predicted molar refractivity (Wildman–Crippen MR) is 57.0 cm³/mol. The number of hydrogen-bond acceptors (Lipinski definition) is 4. The molecule has 0 amide bonds. The van der Waals surface area contributed by atoms with Crippen molar-refractivity contribution in [3.63, 3.8) is 0 Å². The number of Topliss-reactive ketones (excluding diaryl/α,β-unsaturated/α-hetero) is 1. The summed E-state index contributed by atoms with van der Waals surface area (Å²) in [5.41, 5.74) is 1.36. The fourth-order valence-electron chi connectivity index (χ4n) is 1.45. The van der Waals surface area contributed by atoms with Gasteiger partial charge in [-0.1, -0.05) is 0 Å². The summed E-state index contributed by atoms with van der Waals surface area (Å²) in [5.74, 6) is -2.82.